The molecule has 5 heteroatoms. The van der Waals surface area contributed by atoms with Gasteiger partial charge in [0, 0.05) is 12.0 Å². The van der Waals surface area contributed by atoms with Crippen LogP contribution in [0, 0.1) is 5.92 Å². The van der Waals surface area contributed by atoms with Crippen molar-refractivity contribution in [2.45, 2.75) is 130 Å². The fraction of sp³-hybridized carbons (Fsp3) is 0.688. The number of hydrogen-bond donors (Lipinski definition) is 0. The zero-order valence-electron chi connectivity index (χ0n) is 24.0. The lowest BCUT2D eigenvalue weighted by molar-refractivity contribution is -0.147. The first kappa shape index (κ1) is 32.7. The third kappa shape index (κ3) is 14.9. The molecule has 1 rings (SSSR count). The molecule has 5 nitrogen and oxygen atoms in total. The second kappa shape index (κ2) is 20.7. The molecular weight excluding hydrogens is 464 g/mol. The molecule has 0 N–H and O–H groups in total. The maximum Gasteiger partial charge on any atom is 0.313 e. The minimum atomic E-state index is -0.576. The Morgan fingerprint density at radius 1 is 0.811 bits per heavy atom. The highest BCUT2D eigenvalue weighted by molar-refractivity contribution is 5.75. The fourth-order valence-corrected chi connectivity index (χ4v) is 4.27. The van der Waals surface area contributed by atoms with E-state index >= 15 is 0 Å². The summed E-state index contributed by atoms with van der Waals surface area (Å²) in [6.45, 7) is 9.63. The molecule has 0 aliphatic rings. The second-order valence-corrected chi connectivity index (χ2v) is 10.3. The van der Waals surface area contributed by atoms with Gasteiger partial charge in [-0.25, -0.2) is 0 Å². The number of methoxy groups -OCH3 is 1. The smallest absolute Gasteiger partial charge is 0.313 e. The number of esters is 2. The van der Waals surface area contributed by atoms with E-state index in [2.05, 4.69) is 13.5 Å². The predicted molar refractivity (Wildman–Crippen MR) is 152 cm³/mol. The van der Waals surface area contributed by atoms with Crippen molar-refractivity contribution in [1.82, 2.24) is 0 Å². The monoisotopic (exact) mass is 516 g/mol. The molecule has 1 atom stereocenters. The molecule has 0 aliphatic carbocycles. The molecule has 0 saturated heterocycles. The standard InChI is InChI=1S/C32H52O5/c1-6-8-9-10-11-12-13-14-15-16-17-18-19-20-21-22-31(33)36-28(7-2)27-23-24-29(30(25-27)35-5)37-32(34)26(3)4/h7,23-26,28H,2,6,8-22H2,1,3-5H3. The largest absolute Gasteiger partial charge is 0.493 e. The van der Waals surface area contributed by atoms with Crippen molar-refractivity contribution in [1.29, 1.82) is 0 Å². The zero-order valence-corrected chi connectivity index (χ0v) is 24.0. The third-order valence-corrected chi connectivity index (χ3v) is 6.66. The minimum absolute atomic E-state index is 0.228. The summed E-state index contributed by atoms with van der Waals surface area (Å²) in [5, 5.41) is 0. The Labute approximate surface area is 226 Å². The highest BCUT2D eigenvalue weighted by Crippen LogP contribution is 2.32. The Hall–Kier alpha value is -2.30. The first-order valence-corrected chi connectivity index (χ1v) is 14.6. The molecule has 0 aromatic heterocycles. The van der Waals surface area contributed by atoms with Gasteiger partial charge in [-0.05, 0) is 24.6 Å². The van der Waals surface area contributed by atoms with Gasteiger partial charge in [0.1, 0.15) is 6.10 Å². The van der Waals surface area contributed by atoms with Crippen molar-refractivity contribution in [3.8, 4) is 11.5 Å². The van der Waals surface area contributed by atoms with Crippen molar-refractivity contribution in [2.75, 3.05) is 7.11 Å². The number of carbonyl (C=O) groups excluding carboxylic acids is 2. The van der Waals surface area contributed by atoms with Gasteiger partial charge < -0.3 is 14.2 Å². The summed E-state index contributed by atoms with van der Waals surface area (Å²) in [5.74, 6) is -0.0465. The number of rotatable bonds is 22. The van der Waals surface area contributed by atoms with Crippen LogP contribution in [0.15, 0.2) is 30.9 Å². The van der Waals surface area contributed by atoms with Crippen molar-refractivity contribution < 1.29 is 23.8 Å². The van der Waals surface area contributed by atoms with Crippen LogP contribution in [0.2, 0.25) is 0 Å². The molecule has 1 unspecified atom stereocenters. The van der Waals surface area contributed by atoms with Crippen molar-refractivity contribution in [3.05, 3.63) is 36.4 Å². The van der Waals surface area contributed by atoms with E-state index in [1.807, 2.05) is 0 Å². The molecule has 0 radical (unpaired) electrons. The van der Waals surface area contributed by atoms with Gasteiger partial charge in [0.2, 0.25) is 0 Å². The number of unbranched alkanes of at least 4 members (excludes halogenated alkanes) is 14. The Bertz CT molecular complexity index is 770. The van der Waals surface area contributed by atoms with Crippen molar-refractivity contribution in [3.63, 3.8) is 0 Å². The second-order valence-electron chi connectivity index (χ2n) is 10.3. The molecule has 0 heterocycles. The molecule has 0 amide bonds. The molecule has 1 aromatic carbocycles. The van der Waals surface area contributed by atoms with E-state index in [1.54, 1.807) is 38.1 Å². The quantitative estimate of drug-likeness (QED) is 0.0665. The highest BCUT2D eigenvalue weighted by Gasteiger charge is 2.18. The van der Waals surface area contributed by atoms with Crippen LogP contribution < -0.4 is 9.47 Å². The van der Waals surface area contributed by atoms with E-state index in [0.29, 0.717) is 17.9 Å². The molecule has 0 spiro atoms. The van der Waals surface area contributed by atoms with E-state index in [9.17, 15) is 9.59 Å². The maximum atomic E-state index is 12.4. The van der Waals surface area contributed by atoms with Crippen LogP contribution in [0.5, 0.6) is 11.5 Å². The summed E-state index contributed by atoms with van der Waals surface area (Å²) in [5.41, 5.74) is 0.723. The number of carbonyl (C=O) groups is 2. The molecule has 210 valence electrons. The molecule has 0 fully saturated rings. The predicted octanol–water partition coefficient (Wildman–Crippen LogP) is 9.29. The Kier molecular flexibility index (Phi) is 18.3. The van der Waals surface area contributed by atoms with E-state index in [1.165, 1.54) is 90.6 Å². The molecule has 0 aliphatic heterocycles. The van der Waals surface area contributed by atoms with Crippen LogP contribution in [0.4, 0.5) is 0 Å². The van der Waals surface area contributed by atoms with Gasteiger partial charge in [0.05, 0.1) is 13.0 Å². The van der Waals surface area contributed by atoms with Crippen LogP contribution >= 0.6 is 0 Å². The number of ether oxygens (including phenoxy) is 3. The van der Waals surface area contributed by atoms with Crippen LogP contribution in [-0.4, -0.2) is 19.0 Å². The summed E-state index contributed by atoms with van der Waals surface area (Å²) < 4.78 is 16.4. The Morgan fingerprint density at radius 3 is 1.78 bits per heavy atom. The SMILES string of the molecule is C=CC(OC(=O)CCCCCCCCCCCCCCCCC)c1ccc(OC(=O)C(C)C)c(OC)c1. The lowest BCUT2D eigenvalue weighted by atomic mass is 10.0. The van der Waals surface area contributed by atoms with Gasteiger partial charge in [-0.1, -0.05) is 123 Å². The van der Waals surface area contributed by atoms with E-state index in [0.717, 1.165) is 18.4 Å². The van der Waals surface area contributed by atoms with Crippen molar-refractivity contribution in [2.24, 2.45) is 5.92 Å². The normalized spacial score (nSPS) is 11.8. The summed E-state index contributed by atoms with van der Waals surface area (Å²) in [6, 6.07) is 5.14. The summed E-state index contributed by atoms with van der Waals surface area (Å²) in [4.78, 5) is 24.3. The zero-order chi connectivity index (χ0) is 27.3. The molecule has 0 bridgehead atoms. The fourth-order valence-electron chi connectivity index (χ4n) is 4.27. The van der Waals surface area contributed by atoms with E-state index in [-0.39, 0.29) is 17.9 Å². The molecular formula is C32H52O5. The number of benzene rings is 1. The minimum Gasteiger partial charge on any atom is -0.493 e. The first-order valence-electron chi connectivity index (χ1n) is 14.6. The lowest BCUT2D eigenvalue weighted by Gasteiger charge is -2.17. The third-order valence-electron chi connectivity index (χ3n) is 6.66. The summed E-state index contributed by atoms with van der Waals surface area (Å²) in [7, 11) is 1.51. The van der Waals surface area contributed by atoms with Gasteiger partial charge >= 0.3 is 11.9 Å². The van der Waals surface area contributed by atoms with Gasteiger partial charge in [-0.2, -0.15) is 0 Å². The number of hydrogen-bond acceptors (Lipinski definition) is 5. The van der Waals surface area contributed by atoms with Crippen LogP contribution in [0.3, 0.4) is 0 Å². The first-order chi connectivity index (χ1) is 17.9. The molecule has 37 heavy (non-hydrogen) atoms. The highest BCUT2D eigenvalue weighted by atomic mass is 16.6. The maximum absolute atomic E-state index is 12.4. The molecule has 0 saturated carbocycles. The van der Waals surface area contributed by atoms with Gasteiger partial charge in [-0.15, -0.1) is 0 Å². The summed E-state index contributed by atoms with van der Waals surface area (Å²) >= 11 is 0. The van der Waals surface area contributed by atoms with Crippen LogP contribution in [-0.2, 0) is 14.3 Å². The topological polar surface area (TPSA) is 61.8 Å². The average molecular weight is 517 g/mol. The molecule has 1 aromatic rings. The lowest BCUT2D eigenvalue weighted by Crippen LogP contribution is -2.15. The Balaban J connectivity index is 2.21. The van der Waals surface area contributed by atoms with Gasteiger partial charge in [0.25, 0.3) is 0 Å². The van der Waals surface area contributed by atoms with Crippen molar-refractivity contribution >= 4 is 11.9 Å². The van der Waals surface area contributed by atoms with E-state index in [4.69, 9.17) is 14.2 Å². The van der Waals surface area contributed by atoms with Gasteiger partial charge in [0.15, 0.2) is 11.5 Å². The van der Waals surface area contributed by atoms with E-state index < -0.39 is 6.10 Å². The van der Waals surface area contributed by atoms with Crippen LogP contribution in [0.1, 0.15) is 135 Å². The van der Waals surface area contributed by atoms with Gasteiger partial charge in [-0.3, -0.25) is 9.59 Å². The average Bonchev–Trinajstić information content (AvgIpc) is 2.89. The van der Waals surface area contributed by atoms with Crippen LogP contribution in [0.25, 0.3) is 0 Å². The Morgan fingerprint density at radius 2 is 1.32 bits per heavy atom. The summed E-state index contributed by atoms with van der Waals surface area (Å²) in [6.07, 6.45) is 20.8.